The van der Waals surface area contributed by atoms with Crippen molar-refractivity contribution in [3.8, 4) is 5.75 Å². The zero-order chi connectivity index (χ0) is 15.7. The van der Waals surface area contributed by atoms with Gasteiger partial charge in [0.1, 0.15) is 11.3 Å². The lowest BCUT2D eigenvalue weighted by Gasteiger charge is -2.27. The van der Waals surface area contributed by atoms with Gasteiger partial charge < -0.3 is 14.6 Å². The van der Waals surface area contributed by atoms with Gasteiger partial charge in [0, 0.05) is 19.7 Å². The molecule has 118 valence electrons. The van der Waals surface area contributed by atoms with Crippen molar-refractivity contribution in [2.24, 2.45) is 0 Å². The Hall–Kier alpha value is -1.59. The molecular weight excluding hydrogens is 270 g/mol. The van der Waals surface area contributed by atoms with Gasteiger partial charge in [-0.1, -0.05) is 19.1 Å². The van der Waals surface area contributed by atoms with Crippen LogP contribution in [0.25, 0.3) is 0 Å². The minimum atomic E-state index is -0.963. The molecule has 21 heavy (non-hydrogen) atoms. The number of carboxylic acids is 1. The van der Waals surface area contributed by atoms with Crippen molar-refractivity contribution in [3.63, 3.8) is 0 Å². The van der Waals surface area contributed by atoms with Gasteiger partial charge in [-0.15, -0.1) is 0 Å². The summed E-state index contributed by atoms with van der Waals surface area (Å²) in [6.07, 6.45) is 0.843. The highest BCUT2D eigenvalue weighted by Crippen LogP contribution is 2.17. The lowest BCUT2D eigenvalue weighted by Crippen LogP contribution is -2.37. The Bertz CT molecular complexity index is 436. The summed E-state index contributed by atoms with van der Waals surface area (Å²) < 4.78 is 10.8. The van der Waals surface area contributed by atoms with Crippen LogP contribution in [-0.4, -0.2) is 55.4 Å². The molecule has 0 aliphatic carbocycles. The fourth-order valence-electron chi connectivity index (χ4n) is 2.26. The van der Waals surface area contributed by atoms with Crippen molar-refractivity contribution in [2.45, 2.75) is 26.3 Å². The van der Waals surface area contributed by atoms with Gasteiger partial charge in [-0.2, -0.15) is 0 Å². The van der Waals surface area contributed by atoms with Gasteiger partial charge in [0.25, 0.3) is 0 Å². The number of aromatic carboxylic acids is 1. The third kappa shape index (κ3) is 5.73. The number of carboxylic acid groups (broad SMARTS) is 1. The Morgan fingerprint density at radius 1 is 1.38 bits per heavy atom. The number of ether oxygens (including phenoxy) is 2. The second-order valence-corrected chi connectivity index (χ2v) is 4.94. The van der Waals surface area contributed by atoms with E-state index in [2.05, 4.69) is 18.7 Å². The molecule has 0 radical (unpaired) electrons. The van der Waals surface area contributed by atoms with Crippen molar-refractivity contribution in [3.05, 3.63) is 29.8 Å². The minimum absolute atomic E-state index is 0.206. The molecule has 5 nitrogen and oxygen atoms in total. The number of rotatable bonds is 10. The molecule has 0 aliphatic heterocycles. The average Bonchev–Trinajstić information content (AvgIpc) is 2.47. The molecule has 0 bridgehead atoms. The SMILES string of the molecule is CCN(CCCOc1ccccc1C(=O)O)C(C)COC. The summed E-state index contributed by atoms with van der Waals surface area (Å²) in [7, 11) is 1.70. The van der Waals surface area contributed by atoms with E-state index >= 15 is 0 Å². The predicted molar refractivity (Wildman–Crippen MR) is 82.1 cm³/mol. The first-order chi connectivity index (χ1) is 10.1. The average molecular weight is 295 g/mol. The molecule has 0 amide bonds. The molecule has 1 atom stereocenters. The summed E-state index contributed by atoms with van der Waals surface area (Å²) in [4.78, 5) is 13.4. The van der Waals surface area contributed by atoms with Crippen LogP contribution in [0.2, 0.25) is 0 Å². The van der Waals surface area contributed by atoms with Crippen LogP contribution in [0.4, 0.5) is 0 Å². The Kier molecular flexibility index (Phi) is 7.79. The van der Waals surface area contributed by atoms with Crippen LogP contribution in [0.3, 0.4) is 0 Å². The van der Waals surface area contributed by atoms with Crippen LogP contribution in [-0.2, 0) is 4.74 Å². The molecule has 1 rings (SSSR count). The van der Waals surface area contributed by atoms with Crippen LogP contribution in [0.15, 0.2) is 24.3 Å². The molecule has 0 saturated heterocycles. The maximum atomic E-state index is 11.1. The number of methoxy groups -OCH3 is 1. The molecule has 1 N–H and O–H groups in total. The van der Waals surface area contributed by atoms with E-state index in [4.69, 9.17) is 14.6 Å². The van der Waals surface area contributed by atoms with Crippen LogP contribution in [0.1, 0.15) is 30.6 Å². The monoisotopic (exact) mass is 295 g/mol. The van der Waals surface area contributed by atoms with Gasteiger partial charge in [-0.25, -0.2) is 4.79 Å². The van der Waals surface area contributed by atoms with E-state index in [0.29, 0.717) is 25.0 Å². The molecule has 0 heterocycles. The lowest BCUT2D eigenvalue weighted by molar-refractivity contribution is 0.0691. The van der Waals surface area contributed by atoms with Crippen molar-refractivity contribution in [2.75, 3.05) is 33.4 Å². The number of para-hydroxylation sites is 1. The molecule has 0 aliphatic rings. The number of likely N-dealkylation sites (N-methyl/N-ethyl adjacent to an activating group) is 1. The second-order valence-electron chi connectivity index (χ2n) is 4.94. The van der Waals surface area contributed by atoms with E-state index in [0.717, 1.165) is 19.5 Å². The van der Waals surface area contributed by atoms with Crippen LogP contribution in [0, 0.1) is 0 Å². The van der Waals surface area contributed by atoms with Gasteiger partial charge in [0.2, 0.25) is 0 Å². The van der Waals surface area contributed by atoms with Gasteiger partial charge in [-0.05, 0) is 32.0 Å². The van der Waals surface area contributed by atoms with Crippen molar-refractivity contribution < 1.29 is 19.4 Å². The molecule has 0 fully saturated rings. The number of benzene rings is 1. The second kappa shape index (κ2) is 9.37. The van der Waals surface area contributed by atoms with E-state index in [-0.39, 0.29) is 5.56 Å². The van der Waals surface area contributed by atoms with Crippen LogP contribution < -0.4 is 4.74 Å². The Morgan fingerprint density at radius 3 is 2.71 bits per heavy atom. The highest BCUT2D eigenvalue weighted by atomic mass is 16.5. The summed E-state index contributed by atoms with van der Waals surface area (Å²) in [5.74, 6) is -0.535. The number of nitrogens with zero attached hydrogens (tertiary/aromatic N) is 1. The molecular formula is C16H25NO4. The number of hydrogen-bond donors (Lipinski definition) is 1. The van der Waals surface area contributed by atoms with E-state index in [1.165, 1.54) is 0 Å². The van der Waals surface area contributed by atoms with E-state index in [1.807, 2.05) is 0 Å². The standard InChI is InChI=1S/C16H25NO4/c1-4-17(13(2)12-20-3)10-7-11-21-15-9-6-5-8-14(15)16(18)19/h5-6,8-9,13H,4,7,10-12H2,1-3H3,(H,18,19). The maximum absolute atomic E-state index is 11.1. The lowest BCUT2D eigenvalue weighted by atomic mass is 10.2. The molecule has 0 aromatic heterocycles. The molecule has 0 saturated carbocycles. The fourth-order valence-corrected chi connectivity index (χ4v) is 2.26. The molecule has 0 spiro atoms. The van der Waals surface area contributed by atoms with Crippen molar-refractivity contribution in [1.29, 1.82) is 0 Å². The zero-order valence-electron chi connectivity index (χ0n) is 13.0. The Balaban J connectivity index is 2.42. The fraction of sp³-hybridized carbons (Fsp3) is 0.562. The molecule has 5 heteroatoms. The Morgan fingerprint density at radius 2 is 2.10 bits per heavy atom. The molecule has 1 aromatic carbocycles. The molecule has 1 aromatic rings. The van der Waals surface area contributed by atoms with Crippen LogP contribution in [0.5, 0.6) is 5.75 Å². The highest BCUT2D eigenvalue weighted by Gasteiger charge is 2.12. The van der Waals surface area contributed by atoms with Gasteiger partial charge >= 0.3 is 5.97 Å². The highest BCUT2D eigenvalue weighted by molar-refractivity contribution is 5.90. The first-order valence-electron chi connectivity index (χ1n) is 7.28. The topological polar surface area (TPSA) is 59.0 Å². The summed E-state index contributed by atoms with van der Waals surface area (Å²) >= 11 is 0. The predicted octanol–water partition coefficient (Wildman–Crippen LogP) is 2.51. The van der Waals surface area contributed by atoms with Gasteiger partial charge in [-0.3, -0.25) is 4.90 Å². The smallest absolute Gasteiger partial charge is 0.339 e. The Labute approximate surface area is 126 Å². The number of hydrogen-bond acceptors (Lipinski definition) is 4. The van der Waals surface area contributed by atoms with E-state index < -0.39 is 5.97 Å². The summed E-state index contributed by atoms with van der Waals surface area (Å²) in [6.45, 7) is 7.31. The van der Waals surface area contributed by atoms with E-state index in [1.54, 1.807) is 31.4 Å². The van der Waals surface area contributed by atoms with Crippen molar-refractivity contribution >= 4 is 5.97 Å². The van der Waals surface area contributed by atoms with Crippen molar-refractivity contribution in [1.82, 2.24) is 4.90 Å². The third-order valence-corrected chi connectivity index (χ3v) is 3.40. The third-order valence-electron chi connectivity index (χ3n) is 3.40. The minimum Gasteiger partial charge on any atom is -0.493 e. The summed E-state index contributed by atoms with van der Waals surface area (Å²) in [6, 6.07) is 7.08. The first kappa shape index (κ1) is 17.5. The normalized spacial score (nSPS) is 12.4. The van der Waals surface area contributed by atoms with Gasteiger partial charge in [0.15, 0.2) is 0 Å². The van der Waals surface area contributed by atoms with E-state index in [9.17, 15) is 4.79 Å². The summed E-state index contributed by atoms with van der Waals surface area (Å²) in [5.41, 5.74) is 0.206. The first-order valence-corrected chi connectivity index (χ1v) is 7.28. The quantitative estimate of drug-likeness (QED) is 0.672. The van der Waals surface area contributed by atoms with Gasteiger partial charge in [0.05, 0.1) is 13.2 Å². The number of carbonyl (C=O) groups is 1. The molecule has 1 unspecified atom stereocenters. The largest absolute Gasteiger partial charge is 0.493 e. The maximum Gasteiger partial charge on any atom is 0.339 e. The summed E-state index contributed by atoms with van der Waals surface area (Å²) in [5, 5.41) is 9.08. The zero-order valence-corrected chi connectivity index (χ0v) is 13.0. The van der Waals surface area contributed by atoms with Crippen LogP contribution >= 0.6 is 0 Å².